The molecule has 7 rings (SSSR count). The van der Waals surface area contributed by atoms with Crippen molar-refractivity contribution in [2.75, 3.05) is 0 Å². The fraction of sp³-hybridized carbons (Fsp3) is 0.344. The normalized spacial score (nSPS) is 19.2. The third-order valence-electron chi connectivity index (χ3n) is 8.07. The van der Waals surface area contributed by atoms with Gasteiger partial charge in [0.1, 0.15) is 8.07 Å². The van der Waals surface area contributed by atoms with E-state index in [0.717, 1.165) is 0 Å². The molecule has 2 aliphatic carbocycles. The molecule has 0 saturated carbocycles. The van der Waals surface area contributed by atoms with E-state index in [1.807, 2.05) is 6.20 Å². The van der Waals surface area contributed by atoms with Crippen LogP contribution in [0.1, 0.15) is 66.8 Å². The molecule has 0 spiro atoms. The smallest absolute Gasteiger partial charge is 1.00 e. The Bertz CT molecular complexity index is 1330. The average molecular weight is 625 g/mol. The molecule has 2 aromatic carbocycles. The summed E-state index contributed by atoms with van der Waals surface area (Å²) in [5.41, 5.74) is 13.0. The third kappa shape index (κ3) is 5.44. The molecular weight excluding hydrogens is 589 g/mol. The summed E-state index contributed by atoms with van der Waals surface area (Å²) >= 11 is 1.59. The van der Waals surface area contributed by atoms with Gasteiger partial charge in [0.2, 0.25) is 0 Å². The van der Waals surface area contributed by atoms with Crippen LogP contribution in [0.4, 0.5) is 0 Å². The summed E-state index contributed by atoms with van der Waals surface area (Å²) in [6, 6.07) is 16.0. The van der Waals surface area contributed by atoms with Gasteiger partial charge in [-0.05, 0) is 29.0 Å². The van der Waals surface area contributed by atoms with Gasteiger partial charge < -0.3 is 24.8 Å². The number of allylic oxidation sites excluding steroid dienone is 6. The van der Waals surface area contributed by atoms with E-state index in [1.54, 1.807) is 35.1 Å². The maximum absolute atomic E-state index is 4.42. The summed E-state index contributed by atoms with van der Waals surface area (Å²) in [5.74, 6) is 0. The van der Waals surface area contributed by atoms with Gasteiger partial charge in [-0.25, -0.2) is 0 Å². The van der Waals surface area contributed by atoms with E-state index >= 15 is 0 Å². The number of unbranched alkanes of at least 4 members (excludes halogenated alkanes) is 3. The van der Waals surface area contributed by atoms with Gasteiger partial charge in [0.15, 0.2) is 0 Å². The van der Waals surface area contributed by atoms with Crippen LogP contribution in [-0.2, 0) is 31.1 Å². The Kier molecular flexibility index (Phi) is 10.1. The molecule has 0 fully saturated rings. The average Bonchev–Trinajstić information content (AvgIpc) is 3.54. The van der Waals surface area contributed by atoms with E-state index in [1.165, 1.54) is 82.4 Å². The van der Waals surface area contributed by atoms with Crippen LogP contribution in [-0.4, -0.2) is 13.8 Å². The SMILES string of the molecule is CC1=C2C3=NC=CC3=C1[Si]2(C)C.CCCCCCc1ccc(-c2cccc3c2C=C(C)[CH]3[Zr+2])cc1.[Cl-].[Cl-]. The molecule has 0 aromatic heterocycles. The molecule has 37 heavy (non-hydrogen) atoms. The first-order chi connectivity index (χ1) is 16.8. The summed E-state index contributed by atoms with van der Waals surface area (Å²) in [4.78, 5) is 4.42. The minimum Gasteiger partial charge on any atom is -1.00 e. The van der Waals surface area contributed by atoms with Crippen LogP contribution in [0.3, 0.4) is 0 Å². The molecule has 3 heterocycles. The van der Waals surface area contributed by atoms with E-state index < -0.39 is 8.07 Å². The molecule has 0 radical (unpaired) electrons. The first-order valence-corrected chi connectivity index (χ1v) is 17.6. The van der Waals surface area contributed by atoms with E-state index in [-0.39, 0.29) is 24.8 Å². The number of aryl methyl sites for hydroxylation is 1. The summed E-state index contributed by atoms with van der Waals surface area (Å²) in [6.07, 6.45) is 13.1. The van der Waals surface area contributed by atoms with Crippen molar-refractivity contribution in [2.24, 2.45) is 4.99 Å². The third-order valence-corrected chi connectivity index (χ3v) is 13.7. The van der Waals surface area contributed by atoms with Crippen molar-refractivity contribution in [1.29, 1.82) is 0 Å². The van der Waals surface area contributed by atoms with Crippen LogP contribution in [0.25, 0.3) is 17.2 Å². The van der Waals surface area contributed by atoms with Gasteiger partial charge in [0, 0.05) is 11.8 Å². The quantitative estimate of drug-likeness (QED) is 0.347. The van der Waals surface area contributed by atoms with Crippen molar-refractivity contribution in [2.45, 2.75) is 69.6 Å². The van der Waals surface area contributed by atoms with Crippen molar-refractivity contribution in [3.63, 3.8) is 0 Å². The summed E-state index contributed by atoms with van der Waals surface area (Å²) in [5, 5.41) is 3.27. The van der Waals surface area contributed by atoms with Gasteiger partial charge in [0.25, 0.3) is 0 Å². The van der Waals surface area contributed by atoms with Crippen molar-refractivity contribution in [3.8, 4) is 11.1 Å². The van der Waals surface area contributed by atoms with E-state index in [2.05, 4.69) is 93.5 Å². The summed E-state index contributed by atoms with van der Waals surface area (Å²) in [7, 11) is -1.13. The zero-order valence-corrected chi connectivity index (χ0v) is 27.6. The number of hydrogen-bond donors (Lipinski definition) is 0. The minimum atomic E-state index is -1.13. The largest absolute Gasteiger partial charge is 1.00 e. The van der Waals surface area contributed by atoms with Crippen molar-refractivity contribution >= 4 is 19.9 Å². The molecule has 1 atom stereocenters. The monoisotopic (exact) mass is 622 g/mol. The van der Waals surface area contributed by atoms with Crippen LogP contribution in [0.2, 0.25) is 13.1 Å². The van der Waals surface area contributed by atoms with Gasteiger partial charge in [-0.1, -0.05) is 26.4 Å². The molecule has 0 saturated heterocycles. The molecule has 3 aliphatic heterocycles. The fourth-order valence-corrected chi connectivity index (χ4v) is 11.0. The standard InChI is InChI=1S/C22H25.C10H11NSi.2ClH.Zr/c1-3-4-5-6-8-18-11-13-19(14-12-18)21-10-7-9-20-15-17(2)16-22(20)21;1-6-9-7-4-5-11-8(7)10(6)12(9,2)3;;;/h7,9-16H,3-6,8H2,1-2H3;4-5H,1-3H3;2*1H;/q;;;;+2/p-2. The minimum absolute atomic E-state index is 0. The number of benzene rings is 2. The summed E-state index contributed by atoms with van der Waals surface area (Å²) in [6.45, 7) is 11.6. The predicted octanol–water partition coefficient (Wildman–Crippen LogP) is 2.87. The Morgan fingerprint density at radius 1 is 0.919 bits per heavy atom. The van der Waals surface area contributed by atoms with Gasteiger partial charge in [0.05, 0.1) is 5.71 Å². The first kappa shape index (κ1) is 30.3. The zero-order valence-electron chi connectivity index (χ0n) is 22.6. The number of hydrogen-bond acceptors (Lipinski definition) is 1. The first-order valence-electron chi connectivity index (χ1n) is 13.2. The van der Waals surface area contributed by atoms with Gasteiger partial charge in [-0.15, -0.1) is 0 Å². The Morgan fingerprint density at radius 3 is 2.30 bits per heavy atom. The topological polar surface area (TPSA) is 12.4 Å². The maximum atomic E-state index is 4.42. The Labute approximate surface area is 252 Å². The van der Waals surface area contributed by atoms with E-state index in [4.69, 9.17) is 0 Å². The van der Waals surface area contributed by atoms with Crippen LogP contribution in [0.5, 0.6) is 0 Å². The van der Waals surface area contributed by atoms with Crippen LogP contribution >= 0.6 is 0 Å². The number of aliphatic imine (C=N–C) groups is 1. The second-order valence-electron chi connectivity index (χ2n) is 10.8. The van der Waals surface area contributed by atoms with Crippen LogP contribution in [0, 0.1) is 0 Å². The van der Waals surface area contributed by atoms with Crippen molar-refractivity contribution in [3.05, 3.63) is 98.5 Å². The summed E-state index contributed by atoms with van der Waals surface area (Å²) < 4.78 is 0.648. The Balaban J connectivity index is 0.000000229. The molecular formula is C32H36Cl2NSiZr. The zero-order chi connectivity index (χ0) is 24.7. The molecule has 5 aliphatic rings. The maximum Gasteiger partial charge on any atom is -1.00 e. The molecule has 2 aromatic rings. The molecule has 0 N–H and O–H groups in total. The van der Waals surface area contributed by atoms with Crippen LogP contribution < -0.4 is 24.8 Å². The Hall–Kier alpha value is -1.25. The predicted molar refractivity (Wildman–Crippen MR) is 150 cm³/mol. The molecule has 191 valence electrons. The Morgan fingerprint density at radius 2 is 1.65 bits per heavy atom. The van der Waals surface area contributed by atoms with E-state index in [9.17, 15) is 0 Å². The number of nitrogens with zero attached hydrogens (tertiary/aromatic N) is 1. The molecule has 1 nitrogen and oxygen atoms in total. The van der Waals surface area contributed by atoms with Crippen molar-refractivity contribution < 1.29 is 49.5 Å². The van der Waals surface area contributed by atoms with Crippen LogP contribution in [0.15, 0.2) is 86.8 Å². The van der Waals surface area contributed by atoms with Crippen molar-refractivity contribution in [1.82, 2.24) is 0 Å². The molecule has 1 unspecified atom stereocenters. The number of halogens is 2. The molecule has 5 heteroatoms. The number of fused-ring (bicyclic) bond motifs is 1. The van der Waals surface area contributed by atoms with E-state index in [0.29, 0.717) is 3.63 Å². The fourth-order valence-electron chi connectivity index (χ4n) is 6.28. The molecule has 0 amide bonds. The molecule has 2 bridgehead atoms. The second-order valence-corrected chi connectivity index (χ2v) is 16.5. The second kappa shape index (κ2) is 12.3. The van der Waals surface area contributed by atoms with Gasteiger partial charge >= 0.3 is 143 Å². The van der Waals surface area contributed by atoms with Gasteiger partial charge in [-0.3, -0.25) is 4.99 Å². The van der Waals surface area contributed by atoms with Gasteiger partial charge in [-0.2, -0.15) is 0 Å². The number of rotatable bonds is 6.